The highest BCUT2D eigenvalue weighted by Gasteiger charge is 2.49. The molecule has 5 aliphatic rings. The number of anilines is 1. The van der Waals surface area contributed by atoms with Crippen molar-refractivity contribution in [2.45, 2.75) is 117 Å². The van der Waals surface area contributed by atoms with Crippen molar-refractivity contribution in [3.05, 3.63) is 141 Å². The van der Waals surface area contributed by atoms with Gasteiger partial charge in [0.25, 0.3) is 0 Å². The number of rotatable bonds is 14. The van der Waals surface area contributed by atoms with Crippen molar-refractivity contribution in [3.8, 4) is 0 Å². The van der Waals surface area contributed by atoms with E-state index in [4.69, 9.17) is 0 Å². The number of carboxylic acid groups (broad SMARTS) is 1. The van der Waals surface area contributed by atoms with Gasteiger partial charge in [-0.15, -0.1) is 0 Å². The van der Waals surface area contributed by atoms with Crippen LogP contribution in [-0.2, 0) is 25.8 Å². The molecule has 2 aliphatic carbocycles. The van der Waals surface area contributed by atoms with Gasteiger partial charge in [-0.25, -0.2) is 4.79 Å². The molecule has 3 aromatic rings. The molecule has 3 aromatic carbocycles. The predicted molar refractivity (Wildman–Crippen MR) is 245 cm³/mol. The lowest BCUT2D eigenvalue weighted by Crippen LogP contribution is -2.35. The van der Waals surface area contributed by atoms with Gasteiger partial charge in [-0.05, 0) is 81.7 Å². The molecule has 0 amide bonds. The van der Waals surface area contributed by atoms with Crippen molar-refractivity contribution >= 4 is 51.6 Å². The van der Waals surface area contributed by atoms with E-state index >= 15 is 0 Å². The Morgan fingerprint density at radius 3 is 1.78 bits per heavy atom. The number of carbonyl (C=O) groups is 3. The first-order chi connectivity index (χ1) is 29.9. The van der Waals surface area contributed by atoms with Gasteiger partial charge in [0.15, 0.2) is 23.0 Å². The van der Waals surface area contributed by atoms with Crippen LogP contribution in [0.1, 0.15) is 133 Å². The molecule has 3 heterocycles. The predicted octanol–water partition coefficient (Wildman–Crippen LogP) is 8.62. The molecule has 0 bridgehead atoms. The Morgan fingerprint density at radius 2 is 1.22 bits per heavy atom. The number of fused-ring (bicyclic) bond motifs is 3. The minimum absolute atomic E-state index is 0.115. The third-order valence-corrected chi connectivity index (χ3v) is 14.1. The lowest BCUT2D eigenvalue weighted by molar-refractivity contribution is -0.438. The SMILES string of the molecule is CCCCN1/C(=C/C2=C([O-])C(=C\C3=[N+](CCCC)c4ccc(C5=C([O-])/C(=C\C6=[N+](CCCC)c7ccc(C(=O)O)cc7C6(C)C)C5=O)cc4C3(C)C)/C2=O)C(C)(C)c2ccccc21. The van der Waals surface area contributed by atoms with Gasteiger partial charge in [0.2, 0.25) is 11.4 Å². The fraction of sp³-hybridized carbons (Fsp3) is 0.389. The fourth-order valence-corrected chi connectivity index (χ4v) is 10.2. The van der Waals surface area contributed by atoms with Crippen molar-refractivity contribution in [2.24, 2.45) is 0 Å². The van der Waals surface area contributed by atoms with E-state index in [0.717, 1.165) is 90.4 Å². The molecule has 8 rings (SSSR count). The van der Waals surface area contributed by atoms with Gasteiger partial charge >= 0.3 is 5.97 Å². The van der Waals surface area contributed by atoms with Crippen LogP contribution in [0, 0.1) is 0 Å². The first-order valence-corrected chi connectivity index (χ1v) is 22.7. The standard InChI is InChI=1S/C54H59N3O6/c1-10-13-24-55-40-19-17-16-18-37(40)52(4,5)43(55)29-34-47(58)35(48(34)59)30-44-53(6,7)38-27-32(20-22-41(38)56(44)25-14-11-2)46-49(60)36(50(46)61)31-45-54(8,9)39-28-33(51(62)63)21-23-42(39)57(45)26-15-12-3/h16-23,27-31H,10-15,24-26H2,1-9H3,(H-2,58,59,60,61,62,63). The largest absolute Gasteiger partial charge is 0.871 e. The number of hydrogen-bond donors (Lipinski definition) is 1. The molecule has 0 fully saturated rings. The maximum absolute atomic E-state index is 14.1. The van der Waals surface area contributed by atoms with Gasteiger partial charge in [-0.3, -0.25) is 9.59 Å². The minimum Gasteiger partial charge on any atom is -0.871 e. The van der Waals surface area contributed by atoms with Crippen molar-refractivity contribution in [3.63, 3.8) is 0 Å². The van der Waals surface area contributed by atoms with E-state index in [0.29, 0.717) is 18.7 Å². The average molecular weight is 846 g/mol. The first-order valence-electron chi connectivity index (χ1n) is 22.7. The second kappa shape index (κ2) is 15.9. The van der Waals surface area contributed by atoms with Crippen molar-refractivity contribution in [1.29, 1.82) is 0 Å². The number of nitrogens with zero attached hydrogens (tertiary/aromatic N) is 3. The van der Waals surface area contributed by atoms with E-state index in [1.807, 2.05) is 56.3 Å². The van der Waals surface area contributed by atoms with Gasteiger partial charge in [0, 0.05) is 93.9 Å². The smallest absolute Gasteiger partial charge is 0.335 e. The molecule has 9 nitrogen and oxygen atoms in total. The summed E-state index contributed by atoms with van der Waals surface area (Å²) in [6.07, 6.45) is 11.0. The van der Waals surface area contributed by atoms with E-state index in [-0.39, 0.29) is 56.4 Å². The summed E-state index contributed by atoms with van der Waals surface area (Å²) >= 11 is 0. The lowest BCUT2D eigenvalue weighted by atomic mass is 9.75. The van der Waals surface area contributed by atoms with Gasteiger partial charge < -0.3 is 20.2 Å². The van der Waals surface area contributed by atoms with Crippen LogP contribution in [0.15, 0.2) is 113 Å². The highest BCUT2D eigenvalue weighted by atomic mass is 16.4. The summed E-state index contributed by atoms with van der Waals surface area (Å²) in [5.74, 6) is -2.17. The van der Waals surface area contributed by atoms with Crippen LogP contribution in [0.3, 0.4) is 0 Å². The molecular formula is C54H59N3O6. The van der Waals surface area contributed by atoms with Crippen LogP contribution in [0.2, 0.25) is 0 Å². The number of carboxylic acids is 1. The molecule has 3 aliphatic heterocycles. The Hall–Kier alpha value is -6.09. The Kier molecular flexibility index (Phi) is 11.0. The maximum Gasteiger partial charge on any atom is 0.335 e. The molecule has 63 heavy (non-hydrogen) atoms. The number of carbonyl (C=O) groups excluding carboxylic acids is 2. The zero-order valence-corrected chi connectivity index (χ0v) is 38.2. The minimum atomic E-state index is -1.01. The van der Waals surface area contributed by atoms with Gasteiger partial charge in [0.05, 0.1) is 16.4 Å². The Morgan fingerprint density at radius 1 is 0.667 bits per heavy atom. The average Bonchev–Trinajstić information content (AvgIpc) is 3.71. The number of Topliss-reactive ketones (excluding diaryl/α,β-unsaturated/α-hetero) is 2. The van der Waals surface area contributed by atoms with E-state index in [1.54, 1.807) is 24.3 Å². The number of ketones is 2. The summed E-state index contributed by atoms with van der Waals surface area (Å²) in [7, 11) is 0. The summed E-state index contributed by atoms with van der Waals surface area (Å²) in [5, 5.41) is 37.9. The van der Waals surface area contributed by atoms with Gasteiger partial charge in [-0.1, -0.05) is 83.6 Å². The molecule has 0 spiro atoms. The molecule has 326 valence electrons. The maximum atomic E-state index is 14.1. The summed E-state index contributed by atoms with van der Waals surface area (Å²) in [6, 6.07) is 19.2. The quantitative estimate of drug-likeness (QED) is 0.127. The summed E-state index contributed by atoms with van der Waals surface area (Å²) < 4.78 is 4.31. The Labute approximate surface area is 371 Å². The second-order valence-electron chi connectivity index (χ2n) is 19.2. The number of para-hydroxylation sites is 1. The lowest BCUT2D eigenvalue weighted by Gasteiger charge is -2.33. The van der Waals surface area contributed by atoms with Crippen LogP contribution in [0.25, 0.3) is 5.57 Å². The number of hydrogen-bond acceptors (Lipinski definition) is 6. The topological polar surface area (TPSA) is 127 Å². The molecule has 9 heteroatoms. The Balaban J connectivity index is 1.14. The van der Waals surface area contributed by atoms with Crippen LogP contribution in [0.5, 0.6) is 0 Å². The molecule has 0 aromatic heterocycles. The van der Waals surface area contributed by atoms with Crippen LogP contribution in [0.4, 0.5) is 17.1 Å². The van der Waals surface area contributed by atoms with Crippen molar-refractivity contribution in [1.82, 2.24) is 0 Å². The molecule has 0 radical (unpaired) electrons. The van der Waals surface area contributed by atoms with Gasteiger partial charge in [-0.2, -0.15) is 9.15 Å². The molecule has 0 unspecified atom stereocenters. The molecule has 1 N–H and O–H groups in total. The third kappa shape index (κ3) is 6.77. The first kappa shape index (κ1) is 43.6. The molecule has 0 atom stereocenters. The molecule has 0 saturated carbocycles. The zero-order valence-electron chi connectivity index (χ0n) is 38.2. The summed E-state index contributed by atoms with van der Waals surface area (Å²) in [5.41, 5.74) is 8.13. The van der Waals surface area contributed by atoms with Crippen LogP contribution >= 0.6 is 0 Å². The third-order valence-electron chi connectivity index (χ3n) is 14.1. The van der Waals surface area contributed by atoms with Crippen molar-refractivity contribution in [2.75, 3.05) is 24.5 Å². The van der Waals surface area contributed by atoms with Gasteiger partial charge in [0.1, 0.15) is 13.1 Å². The monoisotopic (exact) mass is 845 g/mol. The molecule has 0 saturated heterocycles. The normalized spacial score (nSPS) is 21.2. The number of benzene rings is 3. The van der Waals surface area contributed by atoms with E-state index in [9.17, 15) is 29.7 Å². The van der Waals surface area contributed by atoms with Crippen molar-refractivity contribution < 1.29 is 38.9 Å². The molecular weight excluding hydrogens is 787 g/mol. The van der Waals surface area contributed by atoms with Crippen LogP contribution in [-0.4, -0.2) is 62.9 Å². The highest BCUT2D eigenvalue weighted by molar-refractivity contribution is 6.40. The fourth-order valence-electron chi connectivity index (χ4n) is 10.2. The van der Waals surface area contributed by atoms with E-state index in [2.05, 4.69) is 74.6 Å². The second-order valence-corrected chi connectivity index (χ2v) is 19.2. The summed E-state index contributed by atoms with van der Waals surface area (Å²) in [4.78, 5) is 42.3. The van der Waals surface area contributed by atoms with E-state index < -0.39 is 16.8 Å². The zero-order chi connectivity index (χ0) is 45.3. The highest BCUT2D eigenvalue weighted by Crippen LogP contribution is 2.50. The summed E-state index contributed by atoms with van der Waals surface area (Å²) in [6.45, 7) is 21.0. The number of allylic oxidation sites excluding steroid dienone is 8. The van der Waals surface area contributed by atoms with E-state index in [1.165, 1.54) is 5.56 Å². The number of unbranched alkanes of at least 4 members (excludes halogenated alkanes) is 3. The number of aromatic carboxylic acids is 1. The Bertz CT molecular complexity index is 2750. The van der Waals surface area contributed by atoms with Crippen LogP contribution < -0.4 is 15.1 Å².